The molecule has 1 N–H and O–H groups in total. The predicted molar refractivity (Wildman–Crippen MR) is 79.5 cm³/mol. The second-order valence-corrected chi connectivity index (χ2v) is 4.97. The van der Waals surface area contributed by atoms with E-state index in [4.69, 9.17) is 9.47 Å². The first-order chi connectivity index (χ1) is 9.47. The van der Waals surface area contributed by atoms with Crippen LogP contribution in [0.4, 0.5) is 4.79 Å². The molecule has 0 aliphatic carbocycles. The summed E-state index contributed by atoms with van der Waals surface area (Å²) in [6.45, 7) is 4.54. The molecular formula is C15H24N2O3. The van der Waals surface area contributed by atoms with Crippen LogP contribution in [0.1, 0.15) is 19.4 Å². The zero-order valence-electron chi connectivity index (χ0n) is 12.9. The van der Waals surface area contributed by atoms with Crippen molar-refractivity contribution in [3.05, 3.63) is 23.8 Å². The van der Waals surface area contributed by atoms with Crippen LogP contribution in [0.2, 0.25) is 0 Å². The zero-order chi connectivity index (χ0) is 15.1. The molecule has 0 saturated heterocycles. The molecule has 5 heteroatoms. The van der Waals surface area contributed by atoms with Gasteiger partial charge in [-0.15, -0.1) is 0 Å². The van der Waals surface area contributed by atoms with Gasteiger partial charge in [-0.25, -0.2) is 4.79 Å². The van der Waals surface area contributed by atoms with E-state index in [9.17, 15) is 4.79 Å². The predicted octanol–water partition coefficient (Wildman–Crippen LogP) is 2.30. The zero-order valence-corrected chi connectivity index (χ0v) is 12.9. The molecule has 0 aromatic heterocycles. The third-order valence-corrected chi connectivity index (χ3v) is 2.94. The van der Waals surface area contributed by atoms with Gasteiger partial charge in [-0.05, 0) is 38.0 Å². The number of amides is 2. The van der Waals surface area contributed by atoms with Gasteiger partial charge in [0.15, 0.2) is 11.5 Å². The van der Waals surface area contributed by atoms with Crippen molar-refractivity contribution < 1.29 is 14.3 Å². The molecule has 5 nitrogen and oxygen atoms in total. The number of nitrogens with one attached hydrogen (secondary N) is 1. The van der Waals surface area contributed by atoms with Crippen LogP contribution in [0.15, 0.2) is 18.2 Å². The monoisotopic (exact) mass is 280 g/mol. The highest BCUT2D eigenvalue weighted by molar-refractivity contribution is 5.74. The van der Waals surface area contributed by atoms with Crippen LogP contribution in [0.25, 0.3) is 0 Å². The van der Waals surface area contributed by atoms with Crippen LogP contribution >= 0.6 is 0 Å². The van der Waals surface area contributed by atoms with Gasteiger partial charge in [0, 0.05) is 19.6 Å². The molecule has 0 bridgehead atoms. The summed E-state index contributed by atoms with van der Waals surface area (Å²) in [5, 5.41) is 2.86. The van der Waals surface area contributed by atoms with E-state index in [2.05, 4.69) is 5.32 Å². The lowest BCUT2D eigenvalue weighted by Crippen LogP contribution is -2.41. The first kappa shape index (κ1) is 16.1. The van der Waals surface area contributed by atoms with Gasteiger partial charge >= 0.3 is 6.03 Å². The molecule has 0 spiro atoms. The molecule has 1 aromatic rings. The number of carbonyl (C=O) groups excluding carboxylic acids is 1. The summed E-state index contributed by atoms with van der Waals surface area (Å²) >= 11 is 0. The van der Waals surface area contributed by atoms with Crippen molar-refractivity contribution in [2.75, 3.05) is 27.8 Å². The van der Waals surface area contributed by atoms with Crippen molar-refractivity contribution in [2.45, 2.75) is 26.3 Å². The highest BCUT2D eigenvalue weighted by atomic mass is 16.5. The third kappa shape index (κ3) is 4.64. The maximum absolute atomic E-state index is 11.8. The first-order valence-corrected chi connectivity index (χ1v) is 6.70. The average molecular weight is 280 g/mol. The molecule has 0 fully saturated rings. The van der Waals surface area contributed by atoms with Gasteiger partial charge in [-0.3, -0.25) is 0 Å². The Morgan fingerprint density at radius 2 is 1.90 bits per heavy atom. The highest BCUT2D eigenvalue weighted by Crippen LogP contribution is 2.27. The minimum atomic E-state index is -0.0551. The Morgan fingerprint density at radius 3 is 2.45 bits per heavy atom. The second kappa shape index (κ2) is 7.62. The fourth-order valence-electron chi connectivity index (χ4n) is 1.79. The molecule has 2 amide bonds. The topological polar surface area (TPSA) is 50.8 Å². The number of carbonyl (C=O) groups is 1. The smallest absolute Gasteiger partial charge is 0.317 e. The van der Waals surface area contributed by atoms with E-state index in [-0.39, 0.29) is 12.1 Å². The minimum Gasteiger partial charge on any atom is -0.493 e. The summed E-state index contributed by atoms with van der Waals surface area (Å²) in [5.74, 6) is 1.42. The Balaban J connectivity index is 2.59. The Labute approximate surface area is 120 Å². The molecule has 1 aromatic carbocycles. The Bertz CT molecular complexity index is 447. The number of ether oxygens (including phenoxy) is 2. The van der Waals surface area contributed by atoms with E-state index in [1.54, 1.807) is 26.2 Å². The van der Waals surface area contributed by atoms with Crippen molar-refractivity contribution in [3.8, 4) is 11.5 Å². The lowest BCUT2D eigenvalue weighted by atomic mass is 10.1. The molecule has 0 saturated carbocycles. The number of nitrogens with zero attached hydrogens (tertiary/aromatic N) is 1. The van der Waals surface area contributed by atoms with E-state index in [0.717, 1.165) is 12.0 Å². The minimum absolute atomic E-state index is 0.0551. The molecule has 1 rings (SSSR count). The molecule has 0 unspecified atom stereocenters. The van der Waals surface area contributed by atoms with Crippen molar-refractivity contribution in [1.29, 1.82) is 0 Å². The fraction of sp³-hybridized carbons (Fsp3) is 0.533. The molecule has 112 valence electrons. The van der Waals surface area contributed by atoms with Gasteiger partial charge in [-0.1, -0.05) is 6.07 Å². The van der Waals surface area contributed by atoms with E-state index in [1.807, 2.05) is 32.0 Å². The Kier molecular flexibility index (Phi) is 6.15. The number of likely N-dealkylation sites (N-methyl/N-ethyl adjacent to an activating group) is 1. The normalized spacial score (nSPS) is 10.3. The van der Waals surface area contributed by atoms with Crippen LogP contribution in [0, 0.1) is 0 Å². The van der Waals surface area contributed by atoms with Gasteiger partial charge in [0.1, 0.15) is 0 Å². The SMILES string of the molecule is COc1ccc(CCN(C)C(=O)NC(C)C)cc1OC. The van der Waals surface area contributed by atoms with E-state index in [1.165, 1.54) is 0 Å². The van der Waals surface area contributed by atoms with Gasteiger partial charge in [0.05, 0.1) is 14.2 Å². The molecule has 0 radical (unpaired) electrons. The van der Waals surface area contributed by atoms with Crippen LogP contribution < -0.4 is 14.8 Å². The van der Waals surface area contributed by atoms with Crippen LogP contribution in [0.3, 0.4) is 0 Å². The lowest BCUT2D eigenvalue weighted by molar-refractivity contribution is 0.206. The van der Waals surface area contributed by atoms with E-state index >= 15 is 0 Å². The molecule has 0 heterocycles. The average Bonchev–Trinajstić information content (AvgIpc) is 2.43. The summed E-state index contributed by atoms with van der Waals surface area (Å²) in [6.07, 6.45) is 0.766. The molecule has 0 aliphatic rings. The highest BCUT2D eigenvalue weighted by Gasteiger charge is 2.10. The van der Waals surface area contributed by atoms with Gasteiger partial charge in [0.2, 0.25) is 0 Å². The van der Waals surface area contributed by atoms with Crippen LogP contribution in [-0.4, -0.2) is 44.8 Å². The molecule has 20 heavy (non-hydrogen) atoms. The summed E-state index contributed by atoms with van der Waals surface area (Å²) < 4.78 is 10.5. The Hall–Kier alpha value is -1.91. The Morgan fingerprint density at radius 1 is 1.25 bits per heavy atom. The lowest BCUT2D eigenvalue weighted by Gasteiger charge is -2.19. The molecule has 0 aliphatic heterocycles. The molecule has 0 atom stereocenters. The van der Waals surface area contributed by atoms with E-state index < -0.39 is 0 Å². The maximum atomic E-state index is 11.8. The molecular weight excluding hydrogens is 256 g/mol. The summed E-state index contributed by atoms with van der Waals surface area (Å²) in [4.78, 5) is 13.4. The van der Waals surface area contributed by atoms with Crippen LogP contribution in [-0.2, 0) is 6.42 Å². The summed E-state index contributed by atoms with van der Waals surface area (Å²) in [7, 11) is 5.02. The first-order valence-electron chi connectivity index (χ1n) is 6.70. The van der Waals surface area contributed by atoms with Crippen molar-refractivity contribution >= 4 is 6.03 Å². The number of hydrogen-bond acceptors (Lipinski definition) is 3. The van der Waals surface area contributed by atoms with Gasteiger partial charge in [0.25, 0.3) is 0 Å². The maximum Gasteiger partial charge on any atom is 0.317 e. The number of hydrogen-bond donors (Lipinski definition) is 1. The van der Waals surface area contributed by atoms with Crippen LogP contribution in [0.5, 0.6) is 11.5 Å². The van der Waals surface area contributed by atoms with E-state index in [0.29, 0.717) is 18.0 Å². The summed E-state index contributed by atoms with van der Waals surface area (Å²) in [6, 6.07) is 5.89. The third-order valence-electron chi connectivity index (χ3n) is 2.94. The number of methoxy groups -OCH3 is 2. The van der Waals surface area contributed by atoms with Crippen molar-refractivity contribution in [2.24, 2.45) is 0 Å². The second-order valence-electron chi connectivity index (χ2n) is 4.97. The van der Waals surface area contributed by atoms with Crippen molar-refractivity contribution in [1.82, 2.24) is 10.2 Å². The number of rotatable bonds is 6. The van der Waals surface area contributed by atoms with Gasteiger partial charge in [-0.2, -0.15) is 0 Å². The van der Waals surface area contributed by atoms with Crippen molar-refractivity contribution in [3.63, 3.8) is 0 Å². The number of benzene rings is 1. The quantitative estimate of drug-likeness (QED) is 0.870. The van der Waals surface area contributed by atoms with Gasteiger partial charge < -0.3 is 19.7 Å². The number of urea groups is 1. The largest absolute Gasteiger partial charge is 0.493 e. The summed E-state index contributed by atoms with van der Waals surface area (Å²) in [5.41, 5.74) is 1.10. The fourth-order valence-corrected chi connectivity index (χ4v) is 1.79. The standard InChI is InChI=1S/C15H24N2O3/c1-11(2)16-15(18)17(3)9-8-12-6-7-13(19-4)14(10-12)20-5/h6-7,10-11H,8-9H2,1-5H3,(H,16,18).